The van der Waals surface area contributed by atoms with Crippen LogP contribution in [-0.4, -0.2) is 34.1 Å². The highest BCUT2D eigenvalue weighted by Crippen LogP contribution is 2.28. The Bertz CT molecular complexity index is 615. The molecule has 1 aliphatic heterocycles. The number of hydrogen-bond donors (Lipinski definition) is 0. The van der Waals surface area contributed by atoms with Crippen molar-refractivity contribution in [2.75, 3.05) is 13.2 Å². The first kappa shape index (κ1) is 15.2. The standard InChI is InChI=1S/C18H23N3OS/c1-6-16-17(7-1)23-18(20-16)13-21(12-15-5-3-9-22-15)11-14-4-2-8-19-10-14/h2,4,8,10,15H,1,3,5-7,9,11-13H2. The van der Waals surface area contributed by atoms with Crippen LogP contribution < -0.4 is 0 Å². The van der Waals surface area contributed by atoms with Crippen LogP contribution in [0.15, 0.2) is 24.5 Å². The van der Waals surface area contributed by atoms with Gasteiger partial charge in [-0.15, -0.1) is 11.3 Å². The second-order valence-electron chi connectivity index (χ2n) is 6.50. The van der Waals surface area contributed by atoms with Crippen molar-refractivity contribution >= 4 is 11.3 Å². The summed E-state index contributed by atoms with van der Waals surface area (Å²) in [7, 11) is 0. The van der Waals surface area contributed by atoms with Crippen molar-refractivity contribution in [1.82, 2.24) is 14.9 Å². The van der Waals surface area contributed by atoms with E-state index in [2.05, 4.69) is 16.0 Å². The number of pyridine rings is 1. The molecule has 3 heterocycles. The van der Waals surface area contributed by atoms with E-state index in [9.17, 15) is 0 Å². The zero-order valence-corrected chi connectivity index (χ0v) is 14.2. The third-order valence-corrected chi connectivity index (χ3v) is 5.76. The van der Waals surface area contributed by atoms with Crippen molar-refractivity contribution in [2.45, 2.75) is 51.3 Å². The number of hydrogen-bond acceptors (Lipinski definition) is 5. The number of thiazole rings is 1. The summed E-state index contributed by atoms with van der Waals surface area (Å²) in [5.41, 5.74) is 2.61. The molecule has 0 bridgehead atoms. The second kappa shape index (κ2) is 7.07. The van der Waals surface area contributed by atoms with Crippen molar-refractivity contribution in [1.29, 1.82) is 0 Å². The van der Waals surface area contributed by atoms with E-state index >= 15 is 0 Å². The van der Waals surface area contributed by atoms with Crippen molar-refractivity contribution in [3.8, 4) is 0 Å². The zero-order valence-electron chi connectivity index (χ0n) is 13.4. The summed E-state index contributed by atoms with van der Waals surface area (Å²) < 4.78 is 5.85. The first-order valence-electron chi connectivity index (χ1n) is 8.57. The molecule has 122 valence electrons. The van der Waals surface area contributed by atoms with E-state index in [1.807, 2.05) is 29.8 Å². The van der Waals surface area contributed by atoms with Gasteiger partial charge in [0.05, 0.1) is 18.3 Å². The highest BCUT2D eigenvalue weighted by Gasteiger charge is 2.22. The maximum Gasteiger partial charge on any atom is 0.107 e. The monoisotopic (exact) mass is 329 g/mol. The Hall–Kier alpha value is -1.30. The second-order valence-corrected chi connectivity index (χ2v) is 7.67. The molecule has 1 fully saturated rings. The number of rotatable bonds is 6. The van der Waals surface area contributed by atoms with E-state index in [-0.39, 0.29) is 0 Å². The van der Waals surface area contributed by atoms with E-state index in [0.29, 0.717) is 6.10 Å². The third-order valence-electron chi connectivity index (χ3n) is 4.61. The maximum absolute atomic E-state index is 5.85. The van der Waals surface area contributed by atoms with E-state index in [4.69, 9.17) is 9.72 Å². The quantitative estimate of drug-likeness (QED) is 0.816. The summed E-state index contributed by atoms with van der Waals surface area (Å²) in [6, 6.07) is 4.16. The molecular weight excluding hydrogens is 306 g/mol. The molecule has 0 aromatic carbocycles. The van der Waals surface area contributed by atoms with Gasteiger partial charge in [0.25, 0.3) is 0 Å². The predicted octanol–water partition coefficient (Wildman–Crippen LogP) is 3.21. The fraction of sp³-hybridized carbons (Fsp3) is 0.556. The lowest BCUT2D eigenvalue weighted by molar-refractivity contribution is 0.0678. The first-order valence-corrected chi connectivity index (χ1v) is 9.39. The van der Waals surface area contributed by atoms with Crippen LogP contribution in [0.5, 0.6) is 0 Å². The van der Waals surface area contributed by atoms with Crippen LogP contribution in [0.2, 0.25) is 0 Å². The van der Waals surface area contributed by atoms with Gasteiger partial charge < -0.3 is 4.74 Å². The lowest BCUT2D eigenvalue weighted by Gasteiger charge is -2.24. The lowest BCUT2D eigenvalue weighted by Crippen LogP contribution is -2.31. The Labute approximate surface area is 141 Å². The maximum atomic E-state index is 5.85. The van der Waals surface area contributed by atoms with Gasteiger partial charge >= 0.3 is 0 Å². The van der Waals surface area contributed by atoms with Gasteiger partial charge in [-0.1, -0.05) is 6.07 Å². The molecule has 23 heavy (non-hydrogen) atoms. The van der Waals surface area contributed by atoms with Gasteiger partial charge in [0.15, 0.2) is 0 Å². The Kier molecular flexibility index (Phi) is 4.69. The first-order chi connectivity index (χ1) is 11.4. The molecule has 2 aromatic heterocycles. The largest absolute Gasteiger partial charge is 0.377 e. The SMILES string of the molecule is c1cncc(CN(Cc2nc3c(s2)CCC3)CC2CCCO2)c1. The Morgan fingerprint density at radius 2 is 2.26 bits per heavy atom. The van der Waals surface area contributed by atoms with Gasteiger partial charge in [0.2, 0.25) is 0 Å². The summed E-state index contributed by atoms with van der Waals surface area (Å²) in [6.07, 6.45) is 10.2. The van der Waals surface area contributed by atoms with Crippen LogP contribution in [0.4, 0.5) is 0 Å². The fourth-order valence-corrected chi connectivity index (χ4v) is 4.71. The highest BCUT2D eigenvalue weighted by molar-refractivity contribution is 7.11. The molecule has 0 saturated carbocycles. The third kappa shape index (κ3) is 3.79. The molecular formula is C18H23N3OS. The van der Waals surface area contributed by atoms with Gasteiger partial charge in [-0.3, -0.25) is 9.88 Å². The summed E-state index contributed by atoms with van der Waals surface area (Å²) >= 11 is 1.91. The Morgan fingerprint density at radius 1 is 1.26 bits per heavy atom. The van der Waals surface area contributed by atoms with Crippen molar-refractivity contribution in [3.63, 3.8) is 0 Å². The van der Waals surface area contributed by atoms with Crippen LogP contribution in [0.25, 0.3) is 0 Å². The summed E-state index contributed by atoms with van der Waals surface area (Å²) in [6.45, 7) is 3.74. The van der Waals surface area contributed by atoms with Crippen LogP contribution in [0, 0.1) is 0 Å². The summed E-state index contributed by atoms with van der Waals surface area (Å²) in [5, 5.41) is 1.26. The topological polar surface area (TPSA) is 38.2 Å². The fourth-order valence-electron chi connectivity index (χ4n) is 3.51. The van der Waals surface area contributed by atoms with Crippen molar-refractivity contribution in [3.05, 3.63) is 45.7 Å². The van der Waals surface area contributed by atoms with E-state index in [0.717, 1.165) is 26.2 Å². The zero-order chi connectivity index (χ0) is 15.5. The average molecular weight is 329 g/mol. The minimum atomic E-state index is 0.374. The van der Waals surface area contributed by atoms with Crippen LogP contribution in [0.3, 0.4) is 0 Å². The molecule has 0 amide bonds. The molecule has 5 heteroatoms. The minimum absolute atomic E-state index is 0.374. The molecule has 1 atom stereocenters. The Morgan fingerprint density at radius 3 is 3.04 bits per heavy atom. The molecule has 2 aliphatic rings. The van der Waals surface area contributed by atoms with Gasteiger partial charge in [-0.2, -0.15) is 0 Å². The van der Waals surface area contributed by atoms with E-state index in [1.165, 1.54) is 53.2 Å². The average Bonchev–Trinajstić information content (AvgIpc) is 3.25. The van der Waals surface area contributed by atoms with Crippen LogP contribution in [-0.2, 0) is 30.7 Å². The summed E-state index contributed by atoms with van der Waals surface area (Å²) in [5.74, 6) is 0. The van der Waals surface area contributed by atoms with Gasteiger partial charge in [-0.05, 0) is 43.7 Å². The highest BCUT2D eigenvalue weighted by atomic mass is 32.1. The van der Waals surface area contributed by atoms with Gasteiger partial charge in [-0.25, -0.2) is 4.98 Å². The molecule has 1 saturated heterocycles. The van der Waals surface area contributed by atoms with E-state index in [1.54, 1.807) is 0 Å². The lowest BCUT2D eigenvalue weighted by atomic mass is 10.2. The van der Waals surface area contributed by atoms with E-state index < -0.39 is 0 Å². The number of ether oxygens (including phenoxy) is 1. The molecule has 0 radical (unpaired) electrons. The smallest absolute Gasteiger partial charge is 0.107 e. The van der Waals surface area contributed by atoms with Crippen molar-refractivity contribution < 1.29 is 4.74 Å². The molecule has 1 aliphatic carbocycles. The summed E-state index contributed by atoms with van der Waals surface area (Å²) in [4.78, 5) is 13.1. The predicted molar refractivity (Wildman–Crippen MR) is 91.5 cm³/mol. The van der Waals surface area contributed by atoms with Crippen LogP contribution >= 0.6 is 11.3 Å². The molecule has 4 nitrogen and oxygen atoms in total. The number of aromatic nitrogens is 2. The molecule has 0 spiro atoms. The van der Waals surface area contributed by atoms with Crippen LogP contribution in [0.1, 0.15) is 40.4 Å². The molecule has 4 rings (SSSR count). The number of nitrogens with zero attached hydrogens (tertiary/aromatic N) is 3. The molecule has 1 unspecified atom stereocenters. The molecule has 0 N–H and O–H groups in total. The van der Waals surface area contributed by atoms with Crippen molar-refractivity contribution in [2.24, 2.45) is 0 Å². The Balaban J connectivity index is 1.46. The van der Waals surface area contributed by atoms with Gasteiger partial charge in [0, 0.05) is 37.0 Å². The number of aryl methyl sites for hydroxylation is 2. The number of fused-ring (bicyclic) bond motifs is 1. The minimum Gasteiger partial charge on any atom is -0.377 e. The molecule has 2 aromatic rings. The normalized spacial score (nSPS) is 20.3. The van der Waals surface area contributed by atoms with Gasteiger partial charge in [0.1, 0.15) is 5.01 Å².